The number of morpholine rings is 1. The zero-order chi connectivity index (χ0) is 18.5. The topological polar surface area (TPSA) is 43.3 Å². The Kier molecular flexibility index (Phi) is 8.78. The number of rotatable bonds is 3. The van der Waals surface area contributed by atoms with Crippen LogP contribution in [0.4, 0.5) is 0 Å². The van der Waals surface area contributed by atoms with Gasteiger partial charge in [0.05, 0.1) is 13.2 Å². The number of nitrogens with zero attached hydrogens (tertiary/aromatic N) is 4. The predicted octanol–water partition coefficient (Wildman–Crippen LogP) is 1.81. The molecule has 0 aromatic heterocycles. The summed E-state index contributed by atoms with van der Waals surface area (Å²) in [6, 6.07) is 9.01. The van der Waals surface area contributed by atoms with E-state index in [2.05, 4.69) is 70.3 Å². The summed E-state index contributed by atoms with van der Waals surface area (Å²) >= 11 is 0. The van der Waals surface area contributed by atoms with Crippen LogP contribution in [0, 0.1) is 6.92 Å². The standard InChI is InChI=1S/C20H33N5O.HI/c1-16-7-5-6-8-18(16)19-15-25(11-12-26-19)20(21-2)22-13-17-14-23(3)9-10-24(17)4;/h5-8,17,19H,9-15H2,1-4H3,(H,21,22);1H. The lowest BCUT2D eigenvalue weighted by atomic mass is 10.0. The van der Waals surface area contributed by atoms with Crippen LogP contribution < -0.4 is 5.32 Å². The molecule has 0 bridgehead atoms. The van der Waals surface area contributed by atoms with Crippen LogP contribution in [0.5, 0.6) is 0 Å². The Bertz CT molecular complexity index is 626. The molecule has 2 atom stereocenters. The van der Waals surface area contributed by atoms with E-state index in [9.17, 15) is 0 Å². The maximum Gasteiger partial charge on any atom is 0.193 e. The van der Waals surface area contributed by atoms with Crippen molar-refractivity contribution in [2.75, 3.05) is 67.0 Å². The van der Waals surface area contributed by atoms with Crippen molar-refractivity contribution in [3.05, 3.63) is 35.4 Å². The summed E-state index contributed by atoms with van der Waals surface area (Å²) in [5, 5.41) is 3.60. The Morgan fingerprint density at radius 3 is 2.70 bits per heavy atom. The van der Waals surface area contributed by atoms with Crippen molar-refractivity contribution in [1.82, 2.24) is 20.0 Å². The summed E-state index contributed by atoms with van der Waals surface area (Å²) in [7, 11) is 6.28. The molecule has 7 heteroatoms. The average molecular weight is 487 g/mol. The highest BCUT2D eigenvalue weighted by atomic mass is 127. The molecule has 0 amide bonds. The first-order valence-corrected chi connectivity index (χ1v) is 9.60. The summed E-state index contributed by atoms with van der Waals surface area (Å²) < 4.78 is 6.06. The van der Waals surface area contributed by atoms with Crippen molar-refractivity contribution in [2.24, 2.45) is 4.99 Å². The monoisotopic (exact) mass is 487 g/mol. The van der Waals surface area contributed by atoms with E-state index >= 15 is 0 Å². The van der Waals surface area contributed by atoms with Gasteiger partial charge in [-0.3, -0.25) is 9.89 Å². The SMILES string of the molecule is CN=C(NCC1CN(C)CCN1C)N1CCOC(c2ccccc2C)C1.I. The molecule has 3 rings (SSSR count). The van der Waals surface area contributed by atoms with E-state index in [1.165, 1.54) is 11.1 Å². The molecule has 1 aromatic rings. The minimum absolute atomic E-state index is 0. The number of halogens is 1. The smallest absolute Gasteiger partial charge is 0.193 e. The molecule has 0 spiro atoms. The van der Waals surface area contributed by atoms with Gasteiger partial charge in [0, 0.05) is 45.8 Å². The third kappa shape index (κ3) is 5.79. The van der Waals surface area contributed by atoms with E-state index in [-0.39, 0.29) is 30.1 Å². The van der Waals surface area contributed by atoms with Gasteiger partial charge in [-0.15, -0.1) is 24.0 Å². The average Bonchev–Trinajstić information content (AvgIpc) is 2.65. The van der Waals surface area contributed by atoms with Crippen molar-refractivity contribution in [3.63, 3.8) is 0 Å². The quantitative estimate of drug-likeness (QED) is 0.401. The Balaban J connectivity index is 0.00000261. The minimum Gasteiger partial charge on any atom is -0.370 e. The van der Waals surface area contributed by atoms with Crippen LogP contribution in [0.15, 0.2) is 29.3 Å². The number of hydrogen-bond donors (Lipinski definition) is 1. The molecule has 2 heterocycles. The molecule has 1 N–H and O–H groups in total. The Hall–Kier alpha value is -0.900. The first-order chi connectivity index (χ1) is 12.6. The van der Waals surface area contributed by atoms with E-state index in [1.54, 1.807) is 0 Å². The fourth-order valence-electron chi connectivity index (χ4n) is 3.84. The molecule has 2 aliphatic heterocycles. The highest BCUT2D eigenvalue weighted by Gasteiger charge is 2.27. The van der Waals surface area contributed by atoms with Gasteiger partial charge >= 0.3 is 0 Å². The molecule has 27 heavy (non-hydrogen) atoms. The number of ether oxygens (including phenoxy) is 1. The van der Waals surface area contributed by atoms with Crippen molar-refractivity contribution in [1.29, 1.82) is 0 Å². The number of benzene rings is 1. The van der Waals surface area contributed by atoms with E-state index in [0.717, 1.165) is 51.8 Å². The number of aliphatic imine (C=N–C) groups is 1. The van der Waals surface area contributed by atoms with Crippen molar-refractivity contribution in [2.45, 2.75) is 19.1 Å². The van der Waals surface area contributed by atoms with Crippen LogP contribution in [0.2, 0.25) is 0 Å². The third-order valence-electron chi connectivity index (χ3n) is 5.59. The van der Waals surface area contributed by atoms with Crippen molar-refractivity contribution < 1.29 is 4.74 Å². The molecule has 2 aliphatic rings. The van der Waals surface area contributed by atoms with E-state index in [1.807, 2.05) is 7.05 Å². The van der Waals surface area contributed by atoms with E-state index in [0.29, 0.717) is 6.04 Å². The Morgan fingerprint density at radius 2 is 1.96 bits per heavy atom. The van der Waals surface area contributed by atoms with Gasteiger partial charge in [-0.25, -0.2) is 0 Å². The van der Waals surface area contributed by atoms with Gasteiger partial charge in [-0.1, -0.05) is 24.3 Å². The molecular formula is C20H34IN5O. The first-order valence-electron chi connectivity index (χ1n) is 9.60. The first kappa shape index (κ1) is 22.4. The van der Waals surface area contributed by atoms with Gasteiger partial charge in [0.2, 0.25) is 0 Å². The van der Waals surface area contributed by atoms with Crippen LogP contribution in [-0.4, -0.2) is 93.7 Å². The summed E-state index contributed by atoms with van der Waals surface area (Å²) in [5.74, 6) is 0.980. The highest BCUT2D eigenvalue weighted by Crippen LogP contribution is 2.25. The number of hydrogen-bond acceptors (Lipinski definition) is 4. The minimum atomic E-state index is 0. The lowest BCUT2D eigenvalue weighted by Crippen LogP contribution is -2.56. The molecule has 2 fully saturated rings. The molecule has 0 radical (unpaired) electrons. The van der Waals surface area contributed by atoms with Gasteiger partial charge in [-0.2, -0.15) is 0 Å². The lowest BCUT2D eigenvalue weighted by molar-refractivity contribution is -0.00850. The van der Waals surface area contributed by atoms with Crippen LogP contribution in [-0.2, 0) is 4.74 Å². The van der Waals surface area contributed by atoms with Crippen LogP contribution >= 0.6 is 24.0 Å². The van der Waals surface area contributed by atoms with Gasteiger partial charge < -0.3 is 19.9 Å². The molecule has 0 aliphatic carbocycles. The number of nitrogens with one attached hydrogen (secondary N) is 1. The molecule has 0 saturated carbocycles. The predicted molar refractivity (Wildman–Crippen MR) is 122 cm³/mol. The number of guanidine groups is 1. The third-order valence-corrected chi connectivity index (χ3v) is 5.59. The van der Waals surface area contributed by atoms with Gasteiger partial charge in [-0.05, 0) is 32.1 Å². The molecule has 6 nitrogen and oxygen atoms in total. The van der Waals surface area contributed by atoms with Gasteiger partial charge in [0.1, 0.15) is 6.10 Å². The second-order valence-corrected chi connectivity index (χ2v) is 7.49. The van der Waals surface area contributed by atoms with E-state index < -0.39 is 0 Å². The zero-order valence-electron chi connectivity index (χ0n) is 17.0. The Labute approximate surface area is 181 Å². The molecule has 1 aromatic carbocycles. The maximum absolute atomic E-state index is 6.06. The summed E-state index contributed by atoms with van der Waals surface area (Å²) in [6.07, 6.45) is 0.104. The van der Waals surface area contributed by atoms with E-state index in [4.69, 9.17) is 4.74 Å². The number of piperazine rings is 1. The fourth-order valence-corrected chi connectivity index (χ4v) is 3.84. The molecule has 152 valence electrons. The van der Waals surface area contributed by atoms with Crippen LogP contribution in [0.3, 0.4) is 0 Å². The highest BCUT2D eigenvalue weighted by molar-refractivity contribution is 14.0. The van der Waals surface area contributed by atoms with Gasteiger partial charge in [0.15, 0.2) is 5.96 Å². The summed E-state index contributed by atoms with van der Waals surface area (Å²) in [4.78, 5) is 11.7. The largest absolute Gasteiger partial charge is 0.370 e. The fraction of sp³-hybridized carbons (Fsp3) is 0.650. The van der Waals surface area contributed by atoms with Gasteiger partial charge in [0.25, 0.3) is 0 Å². The summed E-state index contributed by atoms with van der Waals surface area (Å²) in [6.45, 7) is 8.87. The Morgan fingerprint density at radius 1 is 1.19 bits per heavy atom. The summed E-state index contributed by atoms with van der Waals surface area (Å²) in [5.41, 5.74) is 2.57. The second kappa shape index (κ2) is 10.6. The van der Waals surface area contributed by atoms with Crippen molar-refractivity contribution in [3.8, 4) is 0 Å². The maximum atomic E-state index is 6.06. The zero-order valence-corrected chi connectivity index (χ0v) is 19.3. The normalized spacial score (nSPS) is 25.2. The number of likely N-dealkylation sites (N-methyl/N-ethyl adjacent to an activating group) is 2. The second-order valence-electron chi connectivity index (χ2n) is 7.49. The molecular weight excluding hydrogens is 453 g/mol. The van der Waals surface area contributed by atoms with Crippen LogP contribution in [0.1, 0.15) is 17.2 Å². The van der Waals surface area contributed by atoms with Crippen molar-refractivity contribution >= 4 is 29.9 Å². The van der Waals surface area contributed by atoms with Crippen LogP contribution in [0.25, 0.3) is 0 Å². The lowest BCUT2D eigenvalue weighted by Gasteiger charge is -2.39. The number of aryl methyl sites for hydroxylation is 1. The molecule has 2 unspecified atom stereocenters. The molecule has 2 saturated heterocycles.